The van der Waals surface area contributed by atoms with Crippen molar-refractivity contribution in [1.82, 2.24) is 9.80 Å². The fourth-order valence-electron chi connectivity index (χ4n) is 5.48. The molecule has 1 aromatic rings. The molecule has 3 aliphatic rings. The molecular weight excluding hydrogens is 332 g/mol. The predicted octanol–water partition coefficient (Wildman–Crippen LogP) is 4.22. The Morgan fingerprint density at radius 2 is 1.74 bits per heavy atom. The first-order chi connectivity index (χ1) is 13.0. The van der Waals surface area contributed by atoms with Crippen LogP contribution < -0.4 is 0 Å². The van der Waals surface area contributed by atoms with Crippen LogP contribution in [0, 0.1) is 5.41 Å². The fourth-order valence-corrected chi connectivity index (χ4v) is 5.48. The second-order valence-corrected chi connectivity index (χ2v) is 9.69. The van der Waals surface area contributed by atoms with Crippen molar-refractivity contribution in [2.45, 2.75) is 77.7 Å². The van der Waals surface area contributed by atoms with Gasteiger partial charge in [-0.15, -0.1) is 0 Å². The Morgan fingerprint density at radius 3 is 2.52 bits per heavy atom. The number of fused-ring (bicyclic) bond motifs is 1. The summed E-state index contributed by atoms with van der Waals surface area (Å²) in [5.74, 6) is 0.336. The SMILES string of the molecule is CC1(C)CCCN(C(=O)Cc2ccc3c(c2)CCCC3)C1CN1CCCC1. The summed E-state index contributed by atoms with van der Waals surface area (Å²) in [5, 5.41) is 0. The van der Waals surface area contributed by atoms with Gasteiger partial charge in [-0.2, -0.15) is 0 Å². The van der Waals surface area contributed by atoms with Crippen molar-refractivity contribution < 1.29 is 4.79 Å². The summed E-state index contributed by atoms with van der Waals surface area (Å²) in [4.78, 5) is 18.1. The molecule has 0 radical (unpaired) electrons. The lowest BCUT2D eigenvalue weighted by atomic mass is 9.76. The molecule has 0 bridgehead atoms. The maximum absolute atomic E-state index is 13.3. The van der Waals surface area contributed by atoms with Crippen LogP contribution in [-0.4, -0.2) is 47.9 Å². The molecule has 4 rings (SSSR count). The molecule has 0 aromatic heterocycles. The summed E-state index contributed by atoms with van der Waals surface area (Å²) in [6.07, 6.45) is 10.6. The van der Waals surface area contributed by atoms with E-state index in [1.54, 1.807) is 0 Å². The van der Waals surface area contributed by atoms with Crippen LogP contribution in [0.4, 0.5) is 0 Å². The molecule has 2 aliphatic heterocycles. The zero-order chi connectivity index (χ0) is 18.9. The molecule has 1 atom stereocenters. The van der Waals surface area contributed by atoms with Crippen molar-refractivity contribution in [2.24, 2.45) is 5.41 Å². The highest BCUT2D eigenvalue weighted by molar-refractivity contribution is 5.79. The Bertz CT molecular complexity index is 675. The molecule has 0 N–H and O–H groups in total. The highest BCUT2D eigenvalue weighted by atomic mass is 16.2. The number of amides is 1. The van der Waals surface area contributed by atoms with Crippen molar-refractivity contribution >= 4 is 5.91 Å². The molecule has 1 aliphatic carbocycles. The van der Waals surface area contributed by atoms with E-state index < -0.39 is 0 Å². The number of benzene rings is 1. The smallest absolute Gasteiger partial charge is 0.227 e. The lowest BCUT2D eigenvalue weighted by Crippen LogP contribution is -2.57. The number of hydrogen-bond donors (Lipinski definition) is 0. The van der Waals surface area contributed by atoms with Crippen molar-refractivity contribution in [1.29, 1.82) is 0 Å². The normalized spacial score (nSPS) is 25.4. The summed E-state index contributed by atoms with van der Waals surface area (Å²) in [7, 11) is 0. The van der Waals surface area contributed by atoms with E-state index in [1.165, 1.54) is 74.7 Å². The van der Waals surface area contributed by atoms with Gasteiger partial charge in [-0.05, 0) is 86.6 Å². The van der Waals surface area contributed by atoms with E-state index in [1.807, 2.05) is 0 Å². The molecule has 27 heavy (non-hydrogen) atoms. The Balaban J connectivity index is 1.48. The highest BCUT2D eigenvalue weighted by Gasteiger charge is 2.40. The van der Waals surface area contributed by atoms with Gasteiger partial charge in [-0.25, -0.2) is 0 Å². The summed E-state index contributed by atoms with van der Waals surface area (Å²) < 4.78 is 0. The number of hydrogen-bond acceptors (Lipinski definition) is 2. The molecule has 3 heteroatoms. The molecule has 1 unspecified atom stereocenters. The maximum Gasteiger partial charge on any atom is 0.227 e. The Morgan fingerprint density at radius 1 is 1.00 bits per heavy atom. The van der Waals surface area contributed by atoms with E-state index in [4.69, 9.17) is 0 Å². The monoisotopic (exact) mass is 368 g/mol. The highest BCUT2D eigenvalue weighted by Crippen LogP contribution is 2.36. The van der Waals surface area contributed by atoms with Crippen molar-refractivity contribution in [3.63, 3.8) is 0 Å². The third-order valence-corrected chi connectivity index (χ3v) is 7.22. The van der Waals surface area contributed by atoms with Gasteiger partial charge in [0.1, 0.15) is 0 Å². The zero-order valence-corrected chi connectivity index (χ0v) is 17.3. The van der Waals surface area contributed by atoms with Crippen LogP contribution in [0.1, 0.15) is 69.1 Å². The topological polar surface area (TPSA) is 23.6 Å². The number of rotatable bonds is 4. The quantitative estimate of drug-likeness (QED) is 0.794. The Hall–Kier alpha value is -1.35. The van der Waals surface area contributed by atoms with Crippen LogP contribution in [0.15, 0.2) is 18.2 Å². The van der Waals surface area contributed by atoms with Gasteiger partial charge in [0.2, 0.25) is 5.91 Å². The molecule has 148 valence electrons. The van der Waals surface area contributed by atoms with E-state index in [0.717, 1.165) is 19.5 Å². The van der Waals surface area contributed by atoms with Gasteiger partial charge in [-0.3, -0.25) is 4.79 Å². The first-order valence-corrected chi connectivity index (χ1v) is 11.2. The molecule has 1 amide bonds. The van der Waals surface area contributed by atoms with Crippen LogP contribution >= 0.6 is 0 Å². The summed E-state index contributed by atoms with van der Waals surface area (Å²) in [5.41, 5.74) is 4.42. The Labute approximate surface area is 165 Å². The average Bonchev–Trinajstić information content (AvgIpc) is 3.16. The van der Waals surface area contributed by atoms with Crippen LogP contribution in [0.5, 0.6) is 0 Å². The molecule has 0 saturated carbocycles. The number of aryl methyl sites for hydroxylation is 2. The fraction of sp³-hybridized carbons (Fsp3) is 0.708. The van der Waals surface area contributed by atoms with E-state index >= 15 is 0 Å². The number of nitrogens with zero attached hydrogens (tertiary/aromatic N) is 2. The Kier molecular flexibility index (Phi) is 5.59. The van der Waals surface area contributed by atoms with Crippen LogP contribution in [0.3, 0.4) is 0 Å². The van der Waals surface area contributed by atoms with Crippen molar-refractivity contribution in [2.75, 3.05) is 26.2 Å². The van der Waals surface area contributed by atoms with Gasteiger partial charge in [0.15, 0.2) is 0 Å². The van der Waals surface area contributed by atoms with E-state index in [2.05, 4.69) is 41.8 Å². The lowest BCUT2D eigenvalue weighted by molar-refractivity contribution is -0.138. The largest absolute Gasteiger partial charge is 0.338 e. The first kappa shape index (κ1) is 19.0. The molecule has 0 spiro atoms. The van der Waals surface area contributed by atoms with Crippen LogP contribution in [0.2, 0.25) is 0 Å². The molecular formula is C24H36N2O. The average molecular weight is 369 g/mol. The first-order valence-electron chi connectivity index (χ1n) is 11.2. The van der Waals surface area contributed by atoms with Crippen LogP contribution in [0.25, 0.3) is 0 Å². The summed E-state index contributed by atoms with van der Waals surface area (Å²) in [6, 6.07) is 7.15. The second kappa shape index (κ2) is 7.95. The zero-order valence-electron chi connectivity index (χ0n) is 17.3. The summed E-state index contributed by atoms with van der Waals surface area (Å²) in [6.45, 7) is 9.14. The number of carbonyl (C=O) groups is 1. The third kappa shape index (κ3) is 4.23. The van der Waals surface area contributed by atoms with Gasteiger partial charge in [0, 0.05) is 19.1 Å². The van der Waals surface area contributed by atoms with Crippen molar-refractivity contribution in [3.05, 3.63) is 34.9 Å². The van der Waals surface area contributed by atoms with Gasteiger partial charge < -0.3 is 9.80 Å². The molecule has 3 nitrogen and oxygen atoms in total. The van der Waals surface area contributed by atoms with E-state index in [0.29, 0.717) is 18.4 Å². The van der Waals surface area contributed by atoms with Gasteiger partial charge in [0.05, 0.1) is 6.42 Å². The van der Waals surface area contributed by atoms with Gasteiger partial charge in [0.25, 0.3) is 0 Å². The number of likely N-dealkylation sites (tertiary alicyclic amines) is 2. The van der Waals surface area contributed by atoms with E-state index in [9.17, 15) is 4.79 Å². The predicted molar refractivity (Wildman–Crippen MR) is 111 cm³/mol. The van der Waals surface area contributed by atoms with Gasteiger partial charge in [-0.1, -0.05) is 32.0 Å². The van der Waals surface area contributed by atoms with Gasteiger partial charge >= 0.3 is 0 Å². The molecule has 2 heterocycles. The number of carbonyl (C=O) groups excluding carboxylic acids is 1. The van der Waals surface area contributed by atoms with Crippen LogP contribution in [-0.2, 0) is 24.1 Å². The van der Waals surface area contributed by atoms with E-state index in [-0.39, 0.29) is 5.41 Å². The maximum atomic E-state index is 13.3. The second-order valence-electron chi connectivity index (χ2n) is 9.69. The summed E-state index contributed by atoms with van der Waals surface area (Å²) >= 11 is 0. The molecule has 1 aromatic carbocycles. The molecule has 2 fully saturated rings. The minimum Gasteiger partial charge on any atom is -0.338 e. The standard InChI is InChI=1S/C24H36N2O/c1-24(2)12-7-15-26(22(24)18-25-13-5-6-14-25)23(27)17-19-10-11-20-8-3-4-9-21(20)16-19/h10-11,16,22H,3-9,12-15,17-18H2,1-2H3. The number of piperidine rings is 1. The minimum atomic E-state index is 0.215. The third-order valence-electron chi connectivity index (χ3n) is 7.22. The lowest BCUT2D eigenvalue weighted by Gasteiger charge is -2.48. The molecule has 2 saturated heterocycles. The minimum absolute atomic E-state index is 0.215. The van der Waals surface area contributed by atoms with Crippen molar-refractivity contribution in [3.8, 4) is 0 Å².